The summed E-state index contributed by atoms with van der Waals surface area (Å²) in [5, 5.41) is 3.83. The van der Waals surface area contributed by atoms with Crippen molar-refractivity contribution in [2.24, 2.45) is 0 Å². The Morgan fingerprint density at radius 1 is 1.06 bits per heavy atom. The second-order valence-corrected chi connectivity index (χ2v) is 4.33. The Kier molecular flexibility index (Phi) is 3.64. The monoisotopic (exact) mass is 249 g/mol. The van der Waals surface area contributed by atoms with E-state index < -0.39 is 0 Å². The van der Waals surface area contributed by atoms with E-state index in [-0.39, 0.29) is 11.9 Å². The molecule has 0 spiro atoms. The zero-order chi connectivity index (χ0) is 12.3. The fraction of sp³-hybridized carbons (Fsp3) is 0.143. The van der Waals surface area contributed by atoms with Crippen LogP contribution in [0.3, 0.4) is 0 Å². The van der Waals surface area contributed by atoms with Crippen molar-refractivity contribution < 1.29 is 4.39 Å². The molecule has 17 heavy (non-hydrogen) atoms. The molecule has 0 aliphatic heterocycles. The summed E-state index contributed by atoms with van der Waals surface area (Å²) in [6, 6.07) is 14.2. The SMILES string of the molecule is CC(Nc1ccccc1F)c1ccc(Cl)cc1. The summed E-state index contributed by atoms with van der Waals surface area (Å²) in [5.74, 6) is -0.242. The van der Waals surface area contributed by atoms with E-state index in [2.05, 4.69) is 5.32 Å². The standard InChI is InChI=1S/C14H13ClFN/c1-10(11-6-8-12(15)9-7-11)17-14-5-3-2-4-13(14)16/h2-10,17H,1H3. The third kappa shape index (κ3) is 2.98. The van der Waals surface area contributed by atoms with Crippen molar-refractivity contribution in [3.05, 3.63) is 64.9 Å². The van der Waals surface area contributed by atoms with Crippen LogP contribution in [0.4, 0.5) is 10.1 Å². The normalized spacial score (nSPS) is 12.2. The van der Waals surface area contributed by atoms with Crippen molar-refractivity contribution in [2.75, 3.05) is 5.32 Å². The molecule has 0 heterocycles. The molecular weight excluding hydrogens is 237 g/mol. The van der Waals surface area contributed by atoms with Gasteiger partial charge in [-0.05, 0) is 36.8 Å². The lowest BCUT2D eigenvalue weighted by molar-refractivity contribution is 0.627. The Hall–Kier alpha value is -1.54. The van der Waals surface area contributed by atoms with E-state index in [9.17, 15) is 4.39 Å². The first-order chi connectivity index (χ1) is 8.16. The summed E-state index contributed by atoms with van der Waals surface area (Å²) < 4.78 is 13.4. The predicted octanol–water partition coefficient (Wildman–Crippen LogP) is 4.65. The van der Waals surface area contributed by atoms with E-state index in [0.29, 0.717) is 10.7 Å². The highest BCUT2D eigenvalue weighted by molar-refractivity contribution is 6.30. The Bertz CT molecular complexity index is 496. The van der Waals surface area contributed by atoms with Gasteiger partial charge < -0.3 is 5.32 Å². The quantitative estimate of drug-likeness (QED) is 0.835. The fourth-order valence-electron chi connectivity index (χ4n) is 1.65. The summed E-state index contributed by atoms with van der Waals surface area (Å²) in [6.45, 7) is 1.98. The molecule has 0 radical (unpaired) electrons. The summed E-state index contributed by atoms with van der Waals surface area (Å²) in [6.07, 6.45) is 0. The maximum absolute atomic E-state index is 13.4. The maximum atomic E-state index is 13.4. The molecule has 0 saturated heterocycles. The molecule has 0 saturated carbocycles. The van der Waals surface area contributed by atoms with Gasteiger partial charge in [-0.25, -0.2) is 4.39 Å². The van der Waals surface area contributed by atoms with E-state index in [1.165, 1.54) is 6.07 Å². The predicted molar refractivity (Wildman–Crippen MR) is 69.9 cm³/mol. The molecule has 2 aromatic rings. The van der Waals surface area contributed by atoms with Crippen molar-refractivity contribution in [1.29, 1.82) is 0 Å². The minimum Gasteiger partial charge on any atom is -0.376 e. The molecule has 1 nitrogen and oxygen atoms in total. The van der Waals surface area contributed by atoms with Gasteiger partial charge in [0, 0.05) is 11.1 Å². The average molecular weight is 250 g/mol. The van der Waals surface area contributed by atoms with Crippen molar-refractivity contribution in [3.63, 3.8) is 0 Å². The van der Waals surface area contributed by atoms with Gasteiger partial charge >= 0.3 is 0 Å². The zero-order valence-corrected chi connectivity index (χ0v) is 10.2. The smallest absolute Gasteiger partial charge is 0.146 e. The van der Waals surface area contributed by atoms with Gasteiger partial charge in [0.2, 0.25) is 0 Å². The van der Waals surface area contributed by atoms with E-state index in [0.717, 1.165) is 5.56 Å². The van der Waals surface area contributed by atoms with Crippen molar-refractivity contribution >= 4 is 17.3 Å². The van der Waals surface area contributed by atoms with E-state index in [4.69, 9.17) is 11.6 Å². The third-order valence-corrected chi connectivity index (χ3v) is 2.87. The second kappa shape index (κ2) is 5.19. The molecule has 0 amide bonds. The summed E-state index contributed by atoms with van der Waals surface area (Å²) in [5.41, 5.74) is 1.58. The van der Waals surface area contributed by atoms with Gasteiger partial charge in [-0.1, -0.05) is 35.9 Å². The van der Waals surface area contributed by atoms with Crippen LogP contribution < -0.4 is 5.32 Å². The molecule has 3 heteroatoms. The van der Waals surface area contributed by atoms with Gasteiger partial charge in [-0.2, -0.15) is 0 Å². The van der Waals surface area contributed by atoms with Crippen LogP contribution in [0.5, 0.6) is 0 Å². The highest BCUT2D eigenvalue weighted by Gasteiger charge is 2.07. The van der Waals surface area contributed by atoms with Crippen LogP contribution in [-0.4, -0.2) is 0 Å². The van der Waals surface area contributed by atoms with Gasteiger partial charge in [0.25, 0.3) is 0 Å². The molecule has 88 valence electrons. The maximum Gasteiger partial charge on any atom is 0.146 e. The number of halogens is 2. The van der Waals surface area contributed by atoms with Crippen LogP contribution in [-0.2, 0) is 0 Å². The van der Waals surface area contributed by atoms with Gasteiger partial charge in [-0.15, -0.1) is 0 Å². The number of rotatable bonds is 3. The minimum absolute atomic E-state index is 0.0316. The lowest BCUT2D eigenvalue weighted by Crippen LogP contribution is -2.07. The number of para-hydroxylation sites is 1. The molecule has 0 aliphatic carbocycles. The van der Waals surface area contributed by atoms with E-state index in [1.54, 1.807) is 18.2 Å². The molecule has 0 bridgehead atoms. The molecule has 1 atom stereocenters. The Morgan fingerprint density at radius 3 is 2.35 bits per heavy atom. The topological polar surface area (TPSA) is 12.0 Å². The molecule has 0 aliphatic rings. The number of benzene rings is 2. The van der Waals surface area contributed by atoms with Crippen LogP contribution in [0.2, 0.25) is 5.02 Å². The number of nitrogens with one attached hydrogen (secondary N) is 1. The lowest BCUT2D eigenvalue weighted by atomic mass is 10.1. The van der Waals surface area contributed by atoms with Crippen LogP contribution >= 0.6 is 11.6 Å². The van der Waals surface area contributed by atoms with Gasteiger partial charge in [0.1, 0.15) is 5.82 Å². The first kappa shape index (κ1) is 11.9. The van der Waals surface area contributed by atoms with Crippen LogP contribution in [0, 0.1) is 5.82 Å². The molecule has 0 aromatic heterocycles. The van der Waals surface area contributed by atoms with Gasteiger partial charge in [0.05, 0.1) is 5.69 Å². The molecule has 0 fully saturated rings. The minimum atomic E-state index is -0.242. The number of anilines is 1. The average Bonchev–Trinajstić information content (AvgIpc) is 2.33. The van der Waals surface area contributed by atoms with Crippen LogP contribution in [0.25, 0.3) is 0 Å². The largest absolute Gasteiger partial charge is 0.376 e. The molecule has 2 rings (SSSR count). The zero-order valence-electron chi connectivity index (χ0n) is 9.45. The summed E-state index contributed by atoms with van der Waals surface area (Å²) in [4.78, 5) is 0. The van der Waals surface area contributed by atoms with Gasteiger partial charge in [-0.3, -0.25) is 0 Å². The fourth-order valence-corrected chi connectivity index (χ4v) is 1.77. The van der Waals surface area contributed by atoms with Crippen molar-refractivity contribution in [1.82, 2.24) is 0 Å². The highest BCUT2D eigenvalue weighted by Crippen LogP contribution is 2.22. The first-order valence-corrected chi connectivity index (χ1v) is 5.81. The Balaban J connectivity index is 2.14. The van der Waals surface area contributed by atoms with Crippen molar-refractivity contribution in [2.45, 2.75) is 13.0 Å². The van der Waals surface area contributed by atoms with Crippen LogP contribution in [0.15, 0.2) is 48.5 Å². The summed E-state index contributed by atoms with van der Waals surface area (Å²) >= 11 is 5.82. The van der Waals surface area contributed by atoms with E-state index >= 15 is 0 Å². The van der Waals surface area contributed by atoms with Crippen LogP contribution in [0.1, 0.15) is 18.5 Å². The lowest BCUT2D eigenvalue weighted by Gasteiger charge is -2.16. The summed E-state index contributed by atoms with van der Waals surface area (Å²) in [7, 11) is 0. The molecule has 1 unspecified atom stereocenters. The molecule has 1 N–H and O–H groups in total. The number of hydrogen-bond donors (Lipinski definition) is 1. The first-order valence-electron chi connectivity index (χ1n) is 5.43. The Labute approximate surface area is 105 Å². The number of hydrogen-bond acceptors (Lipinski definition) is 1. The second-order valence-electron chi connectivity index (χ2n) is 3.90. The van der Waals surface area contributed by atoms with Gasteiger partial charge in [0.15, 0.2) is 0 Å². The highest BCUT2D eigenvalue weighted by atomic mass is 35.5. The van der Waals surface area contributed by atoms with Crippen molar-refractivity contribution in [3.8, 4) is 0 Å². The Morgan fingerprint density at radius 2 is 1.71 bits per heavy atom. The van der Waals surface area contributed by atoms with E-state index in [1.807, 2.05) is 31.2 Å². The molecule has 2 aromatic carbocycles. The third-order valence-electron chi connectivity index (χ3n) is 2.62. The molecular formula is C14H13ClFN.